The number of hydrogen-bond donors (Lipinski definition) is 1. The van der Waals surface area contributed by atoms with Gasteiger partial charge in [-0.1, -0.05) is 42.5 Å². The van der Waals surface area contributed by atoms with Gasteiger partial charge in [-0.15, -0.1) is 0 Å². The number of amides is 1. The fourth-order valence-electron chi connectivity index (χ4n) is 2.52. The van der Waals surface area contributed by atoms with Crippen LogP contribution >= 0.6 is 0 Å². The minimum atomic E-state index is -2.93. The molecule has 0 aliphatic carbocycles. The Labute approximate surface area is 154 Å². The fraction of sp³-hybridized carbons (Fsp3) is 0.0476. The standard InChI is InChI=1S/C21H15F2NO3/c22-21(23)27-16-12-10-15(11-13-16)20(26)24-18-9-5-4-8-17(18)19(25)14-6-2-1-3-7-14/h1-13,21H,(H,24,26). The van der Waals surface area contributed by atoms with Crippen molar-refractivity contribution in [2.75, 3.05) is 5.32 Å². The maximum Gasteiger partial charge on any atom is 0.387 e. The molecular weight excluding hydrogens is 352 g/mol. The van der Waals surface area contributed by atoms with E-state index in [2.05, 4.69) is 10.1 Å². The lowest BCUT2D eigenvalue weighted by Gasteiger charge is -2.11. The summed E-state index contributed by atoms with van der Waals surface area (Å²) in [4.78, 5) is 25.1. The molecule has 0 unspecified atom stereocenters. The number of halogens is 2. The van der Waals surface area contributed by atoms with Gasteiger partial charge in [0, 0.05) is 16.7 Å². The van der Waals surface area contributed by atoms with Gasteiger partial charge in [-0.05, 0) is 36.4 Å². The highest BCUT2D eigenvalue weighted by molar-refractivity contribution is 6.15. The Hall–Kier alpha value is -3.54. The number of hydrogen-bond acceptors (Lipinski definition) is 3. The van der Waals surface area contributed by atoms with Gasteiger partial charge >= 0.3 is 6.61 Å². The zero-order chi connectivity index (χ0) is 19.2. The Kier molecular flexibility index (Phi) is 5.56. The third kappa shape index (κ3) is 4.55. The molecule has 1 amide bonds. The van der Waals surface area contributed by atoms with E-state index in [1.54, 1.807) is 48.5 Å². The van der Waals surface area contributed by atoms with Crippen molar-refractivity contribution in [1.82, 2.24) is 0 Å². The molecule has 0 saturated heterocycles. The summed E-state index contributed by atoms with van der Waals surface area (Å²) in [7, 11) is 0. The predicted molar refractivity (Wildman–Crippen MR) is 97.3 cm³/mol. The third-order valence-electron chi connectivity index (χ3n) is 3.80. The first kappa shape index (κ1) is 18.3. The topological polar surface area (TPSA) is 55.4 Å². The second kappa shape index (κ2) is 8.23. The quantitative estimate of drug-likeness (QED) is 0.639. The molecule has 0 bridgehead atoms. The van der Waals surface area contributed by atoms with Gasteiger partial charge < -0.3 is 10.1 Å². The SMILES string of the molecule is O=C(Nc1ccccc1C(=O)c1ccccc1)c1ccc(OC(F)F)cc1. The number of ether oxygens (including phenoxy) is 1. The van der Waals surface area contributed by atoms with Crippen LogP contribution in [0.2, 0.25) is 0 Å². The van der Waals surface area contributed by atoms with Crippen LogP contribution in [-0.4, -0.2) is 18.3 Å². The van der Waals surface area contributed by atoms with Crippen LogP contribution in [0.1, 0.15) is 26.3 Å². The summed E-state index contributed by atoms with van der Waals surface area (Å²) in [6.45, 7) is -2.93. The Morgan fingerprint density at radius 2 is 1.41 bits per heavy atom. The van der Waals surface area contributed by atoms with Gasteiger partial charge in [0.15, 0.2) is 5.78 Å². The van der Waals surface area contributed by atoms with Crippen molar-refractivity contribution in [2.24, 2.45) is 0 Å². The summed E-state index contributed by atoms with van der Waals surface area (Å²) in [6, 6.07) is 20.7. The van der Waals surface area contributed by atoms with Crippen LogP contribution in [0.3, 0.4) is 0 Å². The molecule has 0 aromatic heterocycles. The molecule has 4 nitrogen and oxygen atoms in total. The molecule has 3 aromatic carbocycles. The average molecular weight is 367 g/mol. The van der Waals surface area contributed by atoms with Crippen LogP contribution in [0.15, 0.2) is 78.9 Å². The summed E-state index contributed by atoms with van der Waals surface area (Å²) in [5, 5.41) is 2.69. The first-order chi connectivity index (χ1) is 13.0. The third-order valence-corrected chi connectivity index (χ3v) is 3.80. The zero-order valence-electron chi connectivity index (χ0n) is 14.1. The van der Waals surface area contributed by atoms with Crippen LogP contribution in [0, 0.1) is 0 Å². The number of benzene rings is 3. The normalized spacial score (nSPS) is 10.5. The zero-order valence-corrected chi connectivity index (χ0v) is 14.1. The van der Waals surface area contributed by atoms with Gasteiger partial charge in [-0.25, -0.2) is 0 Å². The van der Waals surface area contributed by atoms with Crippen molar-refractivity contribution in [3.05, 3.63) is 95.6 Å². The highest BCUT2D eigenvalue weighted by Gasteiger charge is 2.15. The molecule has 0 heterocycles. The van der Waals surface area contributed by atoms with Crippen LogP contribution in [-0.2, 0) is 0 Å². The van der Waals surface area contributed by atoms with Gasteiger partial charge in [0.25, 0.3) is 5.91 Å². The minimum Gasteiger partial charge on any atom is -0.435 e. The average Bonchev–Trinajstić information content (AvgIpc) is 2.68. The van der Waals surface area contributed by atoms with Crippen molar-refractivity contribution in [2.45, 2.75) is 6.61 Å². The smallest absolute Gasteiger partial charge is 0.387 e. The number of carbonyl (C=O) groups excluding carboxylic acids is 2. The lowest BCUT2D eigenvalue weighted by molar-refractivity contribution is -0.0498. The van der Waals surface area contributed by atoms with Gasteiger partial charge in [0.05, 0.1) is 5.69 Å². The number of carbonyl (C=O) groups is 2. The number of nitrogens with one attached hydrogen (secondary N) is 1. The van der Waals surface area contributed by atoms with Crippen molar-refractivity contribution in [3.8, 4) is 5.75 Å². The first-order valence-corrected chi connectivity index (χ1v) is 8.09. The van der Waals surface area contributed by atoms with E-state index in [1.165, 1.54) is 24.3 Å². The number of anilines is 1. The summed E-state index contributed by atoms with van der Waals surface area (Å²) in [5.74, 6) is -0.722. The summed E-state index contributed by atoms with van der Waals surface area (Å²) >= 11 is 0. The molecular formula is C21H15F2NO3. The molecule has 0 saturated carbocycles. The van der Waals surface area contributed by atoms with Crippen molar-refractivity contribution >= 4 is 17.4 Å². The van der Waals surface area contributed by atoms with Crippen LogP contribution in [0.5, 0.6) is 5.75 Å². The Bertz CT molecular complexity index is 941. The number of alkyl halides is 2. The van der Waals surface area contributed by atoms with E-state index in [9.17, 15) is 18.4 Å². The van der Waals surface area contributed by atoms with Crippen molar-refractivity contribution in [3.63, 3.8) is 0 Å². The highest BCUT2D eigenvalue weighted by Crippen LogP contribution is 2.21. The van der Waals surface area contributed by atoms with E-state index in [0.29, 0.717) is 16.8 Å². The van der Waals surface area contributed by atoms with Gasteiger partial charge in [0.2, 0.25) is 0 Å². The van der Waals surface area contributed by atoms with Gasteiger partial charge in [0.1, 0.15) is 5.75 Å². The molecule has 3 rings (SSSR count). The van der Waals surface area contributed by atoms with E-state index in [1.807, 2.05) is 6.07 Å². The number of rotatable bonds is 6. The van der Waals surface area contributed by atoms with E-state index in [4.69, 9.17) is 0 Å². The van der Waals surface area contributed by atoms with Gasteiger partial charge in [-0.3, -0.25) is 9.59 Å². The second-order valence-corrected chi connectivity index (χ2v) is 5.60. The lowest BCUT2D eigenvalue weighted by atomic mass is 10.0. The molecule has 0 atom stereocenters. The summed E-state index contributed by atoms with van der Waals surface area (Å²) < 4.78 is 28.6. The molecule has 136 valence electrons. The van der Waals surface area contributed by atoms with Crippen LogP contribution in [0.4, 0.5) is 14.5 Å². The molecule has 6 heteroatoms. The monoisotopic (exact) mass is 367 g/mol. The Morgan fingerprint density at radius 3 is 2.07 bits per heavy atom. The minimum absolute atomic E-state index is 0.0406. The maximum atomic E-state index is 12.7. The maximum absolute atomic E-state index is 12.7. The Balaban J connectivity index is 1.80. The number of para-hydroxylation sites is 1. The van der Waals surface area contributed by atoms with E-state index < -0.39 is 12.5 Å². The van der Waals surface area contributed by atoms with Crippen LogP contribution < -0.4 is 10.1 Å². The molecule has 0 radical (unpaired) electrons. The molecule has 0 fully saturated rings. The van der Waals surface area contributed by atoms with E-state index in [-0.39, 0.29) is 17.1 Å². The summed E-state index contributed by atoms with van der Waals surface area (Å²) in [5.41, 5.74) is 1.48. The molecule has 3 aromatic rings. The van der Waals surface area contributed by atoms with E-state index in [0.717, 1.165) is 0 Å². The predicted octanol–water partition coefficient (Wildman–Crippen LogP) is 4.77. The Morgan fingerprint density at radius 1 is 0.778 bits per heavy atom. The molecule has 0 aliphatic heterocycles. The van der Waals surface area contributed by atoms with Gasteiger partial charge in [-0.2, -0.15) is 8.78 Å². The van der Waals surface area contributed by atoms with Crippen LogP contribution in [0.25, 0.3) is 0 Å². The lowest BCUT2D eigenvalue weighted by Crippen LogP contribution is -2.15. The molecule has 1 N–H and O–H groups in total. The molecule has 0 spiro atoms. The second-order valence-electron chi connectivity index (χ2n) is 5.60. The largest absolute Gasteiger partial charge is 0.435 e. The van der Waals surface area contributed by atoms with E-state index >= 15 is 0 Å². The van der Waals surface area contributed by atoms with Crippen molar-refractivity contribution < 1.29 is 23.1 Å². The highest BCUT2D eigenvalue weighted by atomic mass is 19.3. The van der Waals surface area contributed by atoms with Crippen molar-refractivity contribution in [1.29, 1.82) is 0 Å². The summed E-state index contributed by atoms with van der Waals surface area (Å²) in [6.07, 6.45) is 0. The number of ketones is 1. The fourth-order valence-corrected chi connectivity index (χ4v) is 2.52. The molecule has 27 heavy (non-hydrogen) atoms. The molecule has 0 aliphatic rings. The first-order valence-electron chi connectivity index (χ1n) is 8.09.